The second-order valence-electron chi connectivity index (χ2n) is 3.71. The Labute approximate surface area is 80.3 Å². The lowest BCUT2D eigenvalue weighted by atomic mass is 10.2. The maximum Gasteiger partial charge on any atom is 0.233 e. The van der Waals surface area contributed by atoms with Crippen LogP contribution in [0.2, 0.25) is 0 Å². The summed E-state index contributed by atoms with van der Waals surface area (Å²) in [5.41, 5.74) is 0. The second kappa shape index (κ2) is 5.97. The zero-order valence-corrected chi connectivity index (χ0v) is 8.44. The summed E-state index contributed by atoms with van der Waals surface area (Å²) in [5, 5.41) is 6.13. The number of carbonyl (C=O) groups is 1. The topological polar surface area (TPSA) is 41.1 Å². The van der Waals surface area contributed by atoms with Crippen LogP contribution < -0.4 is 10.6 Å². The van der Waals surface area contributed by atoms with Gasteiger partial charge in [0.15, 0.2) is 0 Å². The molecule has 2 N–H and O–H groups in total. The maximum absolute atomic E-state index is 11.2. The van der Waals surface area contributed by atoms with Gasteiger partial charge in [-0.05, 0) is 19.3 Å². The molecule has 1 saturated carbocycles. The van der Waals surface area contributed by atoms with E-state index in [1.165, 1.54) is 25.7 Å². The molecule has 1 fully saturated rings. The van der Waals surface area contributed by atoms with Crippen LogP contribution in [-0.4, -0.2) is 25.0 Å². The molecule has 1 rings (SSSR count). The SMILES string of the molecule is CCCNC(=O)CNC1CCCC1. The van der Waals surface area contributed by atoms with Crippen LogP contribution in [0.5, 0.6) is 0 Å². The molecule has 0 aliphatic heterocycles. The van der Waals surface area contributed by atoms with Crippen molar-refractivity contribution in [3.8, 4) is 0 Å². The average Bonchev–Trinajstić information content (AvgIpc) is 2.64. The van der Waals surface area contributed by atoms with Crippen LogP contribution in [0, 0.1) is 0 Å². The Kier molecular flexibility index (Phi) is 4.83. The van der Waals surface area contributed by atoms with Gasteiger partial charge in [-0.3, -0.25) is 4.79 Å². The summed E-state index contributed by atoms with van der Waals surface area (Å²) >= 11 is 0. The molecule has 1 aliphatic rings. The van der Waals surface area contributed by atoms with E-state index in [1.54, 1.807) is 0 Å². The number of nitrogens with one attached hydrogen (secondary N) is 2. The fourth-order valence-corrected chi connectivity index (χ4v) is 1.69. The molecule has 3 heteroatoms. The first-order chi connectivity index (χ1) is 6.33. The Bertz CT molecular complexity index is 153. The molecule has 0 aromatic carbocycles. The average molecular weight is 184 g/mol. The van der Waals surface area contributed by atoms with Crippen LogP contribution in [0.4, 0.5) is 0 Å². The molecule has 0 aromatic heterocycles. The van der Waals surface area contributed by atoms with Crippen molar-refractivity contribution in [1.82, 2.24) is 10.6 Å². The maximum atomic E-state index is 11.2. The van der Waals surface area contributed by atoms with Gasteiger partial charge in [-0.15, -0.1) is 0 Å². The Morgan fingerprint density at radius 3 is 2.69 bits per heavy atom. The third-order valence-electron chi connectivity index (χ3n) is 2.48. The molecule has 1 amide bonds. The summed E-state index contributed by atoms with van der Waals surface area (Å²) in [5.74, 6) is 0.133. The molecule has 0 spiro atoms. The van der Waals surface area contributed by atoms with Gasteiger partial charge < -0.3 is 10.6 Å². The third kappa shape index (κ3) is 4.27. The summed E-state index contributed by atoms with van der Waals surface area (Å²) in [4.78, 5) is 11.2. The van der Waals surface area contributed by atoms with Gasteiger partial charge in [-0.2, -0.15) is 0 Å². The Morgan fingerprint density at radius 1 is 1.38 bits per heavy atom. The van der Waals surface area contributed by atoms with Gasteiger partial charge in [0.25, 0.3) is 0 Å². The van der Waals surface area contributed by atoms with E-state index < -0.39 is 0 Å². The van der Waals surface area contributed by atoms with E-state index in [1.807, 2.05) is 0 Å². The minimum Gasteiger partial charge on any atom is -0.355 e. The minimum absolute atomic E-state index is 0.133. The number of rotatable bonds is 5. The van der Waals surface area contributed by atoms with Crippen molar-refractivity contribution in [2.24, 2.45) is 0 Å². The summed E-state index contributed by atoms with van der Waals surface area (Å²) < 4.78 is 0. The van der Waals surface area contributed by atoms with Gasteiger partial charge >= 0.3 is 0 Å². The van der Waals surface area contributed by atoms with Crippen molar-refractivity contribution in [1.29, 1.82) is 0 Å². The molecule has 1 aliphatic carbocycles. The smallest absolute Gasteiger partial charge is 0.233 e. The molecule has 3 nitrogen and oxygen atoms in total. The van der Waals surface area contributed by atoms with Crippen molar-refractivity contribution < 1.29 is 4.79 Å². The number of amides is 1. The highest BCUT2D eigenvalue weighted by molar-refractivity contribution is 5.77. The van der Waals surface area contributed by atoms with Crippen LogP contribution in [0.3, 0.4) is 0 Å². The number of hydrogen-bond acceptors (Lipinski definition) is 2. The Balaban J connectivity index is 2.00. The van der Waals surface area contributed by atoms with Crippen molar-refractivity contribution in [2.45, 2.75) is 45.1 Å². The van der Waals surface area contributed by atoms with Crippen LogP contribution in [0.15, 0.2) is 0 Å². The molecule has 0 radical (unpaired) electrons. The van der Waals surface area contributed by atoms with Crippen LogP contribution >= 0.6 is 0 Å². The zero-order chi connectivity index (χ0) is 9.52. The largest absolute Gasteiger partial charge is 0.355 e. The van der Waals surface area contributed by atoms with Gasteiger partial charge in [0.2, 0.25) is 5.91 Å². The first-order valence-corrected chi connectivity index (χ1v) is 5.33. The Hall–Kier alpha value is -0.570. The number of hydrogen-bond donors (Lipinski definition) is 2. The quantitative estimate of drug-likeness (QED) is 0.670. The van der Waals surface area contributed by atoms with E-state index in [2.05, 4.69) is 17.6 Å². The minimum atomic E-state index is 0.133. The van der Waals surface area contributed by atoms with E-state index in [0.717, 1.165) is 13.0 Å². The Morgan fingerprint density at radius 2 is 2.08 bits per heavy atom. The molecule has 76 valence electrons. The molecule has 0 atom stereocenters. The third-order valence-corrected chi connectivity index (χ3v) is 2.48. The van der Waals surface area contributed by atoms with Crippen molar-refractivity contribution >= 4 is 5.91 Å². The molecule has 0 heterocycles. The normalized spacial score (nSPS) is 17.6. The summed E-state index contributed by atoms with van der Waals surface area (Å²) in [6, 6.07) is 0.590. The van der Waals surface area contributed by atoms with Gasteiger partial charge in [0.1, 0.15) is 0 Å². The fraction of sp³-hybridized carbons (Fsp3) is 0.900. The van der Waals surface area contributed by atoms with Gasteiger partial charge in [0.05, 0.1) is 6.54 Å². The highest BCUT2D eigenvalue weighted by atomic mass is 16.1. The lowest BCUT2D eigenvalue weighted by Gasteiger charge is -2.11. The van der Waals surface area contributed by atoms with Gasteiger partial charge in [-0.1, -0.05) is 19.8 Å². The lowest BCUT2D eigenvalue weighted by molar-refractivity contribution is -0.120. The number of carbonyl (C=O) groups excluding carboxylic acids is 1. The van der Waals surface area contributed by atoms with Crippen LogP contribution in [0.1, 0.15) is 39.0 Å². The first-order valence-electron chi connectivity index (χ1n) is 5.33. The predicted molar refractivity (Wildman–Crippen MR) is 53.6 cm³/mol. The van der Waals surface area contributed by atoms with E-state index in [-0.39, 0.29) is 5.91 Å². The van der Waals surface area contributed by atoms with Gasteiger partial charge in [-0.25, -0.2) is 0 Å². The zero-order valence-electron chi connectivity index (χ0n) is 8.44. The fourth-order valence-electron chi connectivity index (χ4n) is 1.69. The van der Waals surface area contributed by atoms with Crippen LogP contribution in [0.25, 0.3) is 0 Å². The highest BCUT2D eigenvalue weighted by Crippen LogP contribution is 2.16. The van der Waals surface area contributed by atoms with Crippen molar-refractivity contribution in [3.63, 3.8) is 0 Å². The summed E-state index contributed by atoms with van der Waals surface area (Å²) in [7, 11) is 0. The lowest BCUT2D eigenvalue weighted by Crippen LogP contribution is -2.38. The van der Waals surface area contributed by atoms with Crippen molar-refractivity contribution in [2.75, 3.05) is 13.1 Å². The van der Waals surface area contributed by atoms with E-state index in [4.69, 9.17) is 0 Å². The van der Waals surface area contributed by atoms with E-state index in [9.17, 15) is 4.79 Å². The molecular formula is C10H20N2O. The summed E-state index contributed by atoms with van der Waals surface area (Å²) in [6.07, 6.45) is 6.11. The van der Waals surface area contributed by atoms with Gasteiger partial charge in [0, 0.05) is 12.6 Å². The molecule has 0 saturated heterocycles. The molecule has 0 bridgehead atoms. The van der Waals surface area contributed by atoms with E-state index >= 15 is 0 Å². The molecule has 0 unspecified atom stereocenters. The molecule has 13 heavy (non-hydrogen) atoms. The predicted octanol–water partition coefficient (Wildman–Crippen LogP) is 1.04. The highest BCUT2D eigenvalue weighted by Gasteiger charge is 2.14. The summed E-state index contributed by atoms with van der Waals surface area (Å²) in [6.45, 7) is 3.35. The van der Waals surface area contributed by atoms with E-state index in [0.29, 0.717) is 12.6 Å². The second-order valence-corrected chi connectivity index (χ2v) is 3.71. The van der Waals surface area contributed by atoms with Crippen LogP contribution in [-0.2, 0) is 4.79 Å². The molecule has 0 aromatic rings. The van der Waals surface area contributed by atoms with Crippen molar-refractivity contribution in [3.05, 3.63) is 0 Å². The molecular weight excluding hydrogens is 164 g/mol. The first kappa shape index (κ1) is 10.5. The monoisotopic (exact) mass is 184 g/mol. The standard InChI is InChI=1S/C10H20N2O/c1-2-7-11-10(13)8-12-9-5-3-4-6-9/h9,12H,2-8H2,1H3,(H,11,13).